The van der Waals surface area contributed by atoms with Gasteiger partial charge < -0.3 is 10.2 Å². The minimum atomic E-state index is -0.793. The van der Waals surface area contributed by atoms with E-state index in [1.165, 1.54) is 0 Å². The number of fused-ring (bicyclic) bond motifs is 2. The van der Waals surface area contributed by atoms with Gasteiger partial charge >= 0.3 is 6.03 Å². The minimum Gasteiger partial charge on any atom is -0.340 e. The van der Waals surface area contributed by atoms with Gasteiger partial charge in [0.1, 0.15) is 11.6 Å². The molecule has 3 atom stereocenters. The zero-order valence-corrected chi connectivity index (χ0v) is 15.2. The molecule has 1 aromatic carbocycles. The van der Waals surface area contributed by atoms with Crippen LogP contribution in [-0.4, -0.2) is 43.7 Å². The zero-order valence-electron chi connectivity index (χ0n) is 14.4. The van der Waals surface area contributed by atoms with Crippen molar-refractivity contribution >= 4 is 34.2 Å². The molecule has 26 heavy (non-hydrogen) atoms. The summed E-state index contributed by atoms with van der Waals surface area (Å²) in [6.07, 6.45) is 2.80. The number of hydrogen-bond donors (Lipinski definition) is 2. The van der Waals surface area contributed by atoms with E-state index >= 15 is 0 Å². The third kappa shape index (κ3) is 3.72. The Hall–Kier alpha value is -2.41. The topological polar surface area (TPSA) is 74.3 Å². The molecule has 2 amide bonds. The fourth-order valence-corrected chi connectivity index (χ4v) is 5.50. The van der Waals surface area contributed by atoms with Gasteiger partial charge in [-0.15, -0.1) is 0 Å². The number of amides is 2. The van der Waals surface area contributed by atoms with Gasteiger partial charge in [0.2, 0.25) is 0 Å². The van der Waals surface area contributed by atoms with Gasteiger partial charge in [-0.25, -0.2) is 9.78 Å². The molecule has 0 aliphatic carbocycles. The zero-order chi connectivity index (χ0) is 17.9. The van der Waals surface area contributed by atoms with Crippen LogP contribution in [0.25, 0.3) is 0 Å². The van der Waals surface area contributed by atoms with Gasteiger partial charge in [0.15, 0.2) is 0 Å². The summed E-state index contributed by atoms with van der Waals surface area (Å²) in [5, 5.41) is 6.47. The van der Waals surface area contributed by atoms with Gasteiger partial charge in [0, 0.05) is 34.8 Å². The third-order valence-corrected chi connectivity index (χ3v) is 7.10. The molecule has 2 fully saturated rings. The largest absolute Gasteiger partial charge is 0.340 e. The van der Waals surface area contributed by atoms with Gasteiger partial charge in [0.25, 0.3) is 0 Å². The van der Waals surface area contributed by atoms with E-state index in [0.717, 1.165) is 24.9 Å². The van der Waals surface area contributed by atoms with E-state index in [0.29, 0.717) is 24.7 Å². The molecule has 0 saturated carbocycles. The van der Waals surface area contributed by atoms with Gasteiger partial charge in [-0.3, -0.25) is 9.53 Å². The number of likely N-dealkylation sites (tertiary alicyclic amines) is 1. The molecule has 2 N–H and O–H groups in total. The van der Waals surface area contributed by atoms with Crippen molar-refractivity contribution in [3.63, 3.8) is 0 Å². The molecule has 7 heteroatoms. The summed E-state index contributed by atoms with van der Waals surface area (Å²) in [6.45, 7) is 1.22. The molecular weight excluding hydrogens is 348 g/mol. The molecule has 2 aromatic rings. The lowest BCUT2D eigenvalue weighted by Crippen LogP contribution is -2.40. The second-order valence-corrected chi connectivity index (χ2v) is 8.70. The van der Waals surface area contributed by atoms with Gasteiger partial charge in [-0.05, 0) is 43.5 Å². The fourth-order valence-electron chi connectivity index (χ4n) is 3.55. The molecule has 0 radical (unpaired) electrons. The average molecular weight is 370 g/mol. The van der Waals surface area contributed by atoms with Crippen LogP contribution in [0.15, 0.2) is 48.5 Å². The number of benzene rings is 1. The maximum Gasteiger partial charge on any atom is 0.323 e. The lowest BCUT2D eigenvalue weighted by molar-refractivity contribution is 0.209. The number of rotatable bonds is 3. The lowest BCUT2D eigenvalue weighted by Gasteiger charge is -2.24. The number of aromatic nitrogens is 1. The summed E-state index contributed by atoms with van der Waals surface area (Å²) in [5.41, 5.74) is 0.939. The first-order chi connectivity index (χ1) is 12.7. The molecule has 3 heterocycles. The monoisotopic (exact) mass is 370 g/mol. The van der Waals surface area contributed by atoms with E-state index in [2.05, 4.69) is 15.6 Å². The number of nitrogens with zero attached hydrogens (tertiary/aromatic N) is 2. The van der Waals surface area contributed by atoms with Crippen LogP contribution < -0.4 is 10.6 Å². The lowest BCUT2D eigenvalue weighted by atomic mass is 10.1. The minimum absolute atomic E-state index is 0.118. The Kier molecular flexibility index (Phi) is 4.88. The number of anilines is 3. The number of nitrogens with one attached hydrogen (secondary N) is 2. The Labute approximate surface area is 155 Å². The van der Waals surface area contributed by atoms with E-state index in [9.17, 15) is 9.00 Å². The van der Waals surface area contributed by atoms with Crippen LogP contribution >= 0.6 is 0 Å². The summed E-state index contributed by atoms with van der Waals surface area (Å²) in [7, 11) is -0.793. The smallest absolute Gasteiger partial charge is 0.323 e. The van der Waals surface area contributed by atoms with Crippen molar-refractivity contribution < 1.29 is 9.00 Å². The molecule has 3 unspecified atom stereocenters. The van der Waals surface area contributed by atoms with Crippen molar-refractivity contribution in [3.8, 4) is 0 Å². The highest BCUT2D eigenvalue weighted by Crippen LogP contribution is 2.30. The van der Waals surface area contributed by atoms with Gasteiger partial charge in [-0.2, -0.15) is 0 Å². The van der Waals surface area contributed by atoms with Crippen LogP contribution in [0.2, 0.25) is 0 Å². The predicted octanol–water partition coefficient (Wildman–Crippen LogP) is 3.34. The van der Waals surface area contributed by atoms with Crippen molar-refractivity contribution in [2.45, 2.75) is 29.8 Å². The number of pyridine rings is 1. The Balaban J connectivity index is 1.41. The number of hydrogen-bond acceptors (Lipinski definition) is 4. The molecule has 2 aliphatic heterocycles. The highest BCUT2D eigenvalue weighted by Gasteiger charge is 2.38. The predicted molar refractivity (Wildman–Crippen MR) is 104 cm³/mol. The SMILES string of the molecule is O=C(Nc1cccc(Nc2ccccc2)n1)N1CCC2CCC(C1)S2=O. The van der Waals surface area contributed by atoms with Crippen LogP contribution in [0.4, 0.5) is 22.1 Å². The Bertz CT molecular complexity index is 814. The molecular formula is C19H22N4O2S. The van der Waals surface area contributed by atoms with E-state index in [1.807, 2.05) is 42.5 Å². The van der Waals surface area contributed by atoms with Crippen LogP contribution in [0, 0.1) is 0 Å². The standard InChI is InChI=1S/C19H22N4O2S/c24-19(23-12-11-15-9-10-16(13-23)26(15)25)22-18-8-4-7-17(21-18)20-14-5-2-1-3-6-14/h1-8,15-16H,9-13H2,(H2,20,21,22,24). The molecule has 1 aromatic heterocycles. The van der Waals surface area contributed by atoms with Crippen LogP contribution in [-0.2, 0) is 10.8 Å². The molecule has 2 saturated heterocycles. The normalized spacial score (nSPS) is 24.8. The summed E-state index contributed by atoms with van der Waals surface area (Å²) in [5.74, 6) is 1.18. The number of carbonyl (C=O) groups is 1. The number of carbonyl (C=O) groups excluding carboxylic acids is 1. The van der Waals surface area contributed by atoms with Crippen molar-refractivity contribution in [2.24, 2.45) is 0 Å². The number of urea groups is 1. The highest BCUT2D eigenvalue weighted by atomic mass is 32.2. The Morgan fingerprint density at radius 3 is 2.62 bits per heavy atom. The fraction of sp³-hybridized carbons (Fsp3) is 0.368. The van der Waals surface area contributed by atoms with Gasteiger partial charge in [0.05, 0.1) is 5.25 Å². The van der Waals surface area contributed by atoms with Crippen LogP contribution in [0.5, 0.6) is 0 Å². The third-order valence-electron chi connectivity index (χ3n) is 4.93. The van der Waals surface area contributed by atoms with E-state index in [4.69, 9.17) is 0 Å². The first-order valence-corrected chi connectivity index (χ1v) is 10.2. The first kappa shape index (κ1) is 17.0. The van der Waals surface area contributed by atoms with E-state index in [1.54, 1.807) is 11.0 Å². The van der Waals surface area contributed by atoms with E-state index in [-0.39, 0.29) is 16.5 Å². The van der Waals surface area contributed by atoms with Crippen molar-refractivity contribution in [1.29, 1.82) is 0 Å². The second kappa shape index (κ2) is 7.45. The molecule has 2 aliphatic rings. The molecule has 6 nitrogen and oxygen atoms in total. The Morgan fingerprint density at radius 1 is 1.00 bits per heavy atom. The van der Waals surface area contributed by atoms with Crippen molar-refractivity contribution in [3.05, 3.63) is 48.5 Å². The summed E-state index contributed by atoms with van der Waals surface area (Å²) in [6, 6.07) is 15.1. The molecule has 0 spiro atoms. The highest BCUT2D eigenvalue weighted by molar-refractivity contribution is 7.86. The molecule has 136 valence electrons. The maximum absolute atomic E-state index is 12.6. The quantitative estimate of drug-likeness (QED) is 0.869. The van der Waals surface area contributed by atoms with E-state index < -0.39 is 10.8 Å². The summed E-state index contributed by atoms with van der Waals surface area (Å²) < 4.78 is 12.3. The summed E-state index contributed by atoms with van der Waals surface area (Å²) in [4.78, 5) is 18.9. The van der Waals surface area contributed by atoms with Crippen molar-refractivity contribution in [2.75, 3.05) is 23.7 Å². The average Bonchev–Trinajstić information content (AvgIpc) is 2.88. The van der Waals surface area contributed by atoms with Crippen molar-refractivity contribution in [1.82, 2.24) is 9.88 Å². The van der Waals surface area contributed by atoms with Gasteiger partial charge in [-0.1, -0.05) is 24.3 Å². The maximum atomic E-state index is 12.6. The first-order valence-electron chi connectivity index (χ1n) is 8.93. The Morgan fingerprint density at radius 2 is 1.77 bits per heavy atom. The summed E-state index contributed by atoms with van der Waals surface area (Å²) >= 11 is 0. The van der Waals surface area contributed by atoms with Crippen LogP contribution in [0.1, 0.15) is 19.3 Å². The molecule has 4 rings (SSSR count). The van der Waals surface area contributed by atoms with Crippen LogP contribution in [0.3, 0.4) is 0 Å². The number of para-hydroxylation sites is 1. The second-order valence-electron chi connectivity index (χ2n) is 6.71. The molecule has 2 bridgehead atoms.